The lowest BCUT2D eigenvalue weighted by Gasteiger charge is -2.34. The maximum Gasteiger partial charge on any atom is 0.313 e. The van der Waals surface area contributed by atoms with E-state index in [1.807, 2.05) is 0 Å². The minimum absolute atomic E-state index is 0.0210. The SMILES string of the molecule is CC12CCC(C(=O)N/N=C/c3ccc([N+](=O)[O-])cc3[N+](=O)[O-])(OC1=O)C2(C)C. The van der Waals surface area contributed by atoms with Gasteiger partial charge in [-0.3, -0.25) is 29.8 Å². The number of rotatable bonds is 5. The van der Waals surface area contributed by atoms with E-state index in [2.05, 4.69) is 10.5 Å². The fourth-order valence-corrected chi connectivity index (χ4v) is 3.91. The highest BCUT2D eigenvalue weighted by Gasteiger charge is 2.75. The lowest BCUT2D eigenvalue weighted by atomic mass is 9.66. The van der Waals surface area contributed by atoms with Crippen molar-refractivity contribution in [3.05, 3.63) is 44.0 Å². The Balaban J connectivity index is 1.83. The van der Waals surface area contributed by atoms with Crippen molar-refractivity contribution in [3.63, 3.8) is 0 Å². The van der Waals surface area contributed by atoms with Gasteiger partial charge in [0.05, 0.1) is 33.1 Å². The second-order valence-electron chi connectivity index (χ2n) is 7.63. The third-order valence-electron chi connectivity index (χ3n) is 6.24. The van der Waals surface area contributed by atoms with E-state index in [1.165, 1.54) is 0 Å². The number of carbonyl (C=O) groups is 2. The normalized spacial score (nSPS) is 27.6. The molecule has 1 saturated heterocycles. The molecule has 148 valence electrons. The number of hydrazone groups is 1. The Morgan fingerprint density at radius 1 is 1.21 bits per heavy atom. The summed E-state index contributed by atoms with van der Waals surface area (Å²) < 4.78 is 5.43. The Morgan fingerprint density at radius 2 is 1.89 bits per heavy atom. The molecule has 0 spiro atoms. The van der Waals surface area contributed by atoms with Gasteiger partial charge in [-0.05, 0) is 25.8 Å². The number of ether oxygens (including phenoxy) is 1. The first kappa shape index (κ1) is 19.4. The lowest BCUT2D eigenvalue weighted by molar-refractivity contribution is -0.394. The van der Waals surface area contributed by atoms with Crippen LogP contribution >= 0.6 is 0 Å². The van der Waals surface area contributed by atoms with Crippen molar-refractivity contribution in [2.75, 3.05) is 0 Å². The zero-order chi connectivity index (χ0) is 20.9. The van der Waals surface area contributed by atoms with Gasteiger partial charge in [-0.15, -0.1) is 0 Å². The summed E-state index contributed by atoms with van der Waals surface area (Å²) in [6.45, 7) is 5.34. The van der Waals surface area contributed by atoms with E-state index in [4.69, 9.17) is 4.74 Å². The number of nitro benzene ring substituents is 2. The molecule has 0 radical (unpaired) electrons. The smallest absolute Gasteiger partial charge is 0.313 e. The van der Waals surface area contributed by atoms with Gasteiger partial charge < -0.3 is 4.74 Å². The first-order valence-electron chi connectivity index (χ1n) is 8.46. The van der Waals surface area contributed by atoms with E-state index >= 15 is 0 Å². The van der Waals surface area contributed by atoms with Crippen molar-refractivity contribution in [3.8, 4) is 0 Å². The van der Waals surface area contributed by atoms with Gasteiger partial charge in [-0.2, -0.15) is 5.10 Å². The predicted molar refractivity (Wildman–Crippen MR) is 95.4 cm³/mol. The third-order valence-corrected chi connectivity index (χ3v) is 6.24. The molecular formula is C17H18N4O7. The monoisotopic (exact) mass is 390 g/mol. The van der Waals surface area contributed by atoms with Crippen LogP contribution in [-0.4, -0.2) is 33.5 Å². The van der Waals surface area contributed by atoms with Crippen LogP contribution in [0.5, 0.6) is 0 Å². The fourth-order valence-electron chi connectivity index (χ4n) is 3.91. The summed E-state index contributed by atoms with van der Waals surface area (Å²) in [7, 11) is 0. The highest BCUT2D eigenvalue weighted by molar-refractivity contribution is 5.96. The maximum atomic E-state index is 12.8. The predicted octanol–water partition coefficient (Wildman–Crippen LogP) is 2.08. The first-order chi connectivity index (χ1) is 13.0. The molecule has 2 fully saturated rings. The number of carbonyl (C=O) groups excluding carboxylic acids is 2. The lowest BCUT2D eigenvalue weighted by Crippen LogP contribution is -2.52. The summed E-state index contributed by atoms with van der Waals surface area (Å²) >= 11 is 0. The number of nitro groups is 2. The quantitative estimate of drug-likeness (QED) is 0.349. The van der Waals surface area contributed by atoms with E-state index < -0.39 is 49.5 Å². The molecule has 11 nitrogen and oxygen atoms in total. The summed E-state index contributed by atoms with van der Waals surface area (Å²) in [5, 5.41) is 25.7. The summed E-state index contributed by atoms with van der Waals surface area (Å²) in [5.74, 6) is -1.05. The van der Waals surface area contributed by atoms with Gasteiger partial charge in [-0.25, -0.2) is 5.43 Å². The second kappa shape index (κ2) is 6.08. The summed E-state index contributed by atoms with van der Waals surface area (Å²) in [6.07, 6.45) is 1.87. The van der Waals surface area contributed by atoms with Crippen LogP contribution in [0.2, 0.25) is 0 Å². The van der Waals surface area contributed by atoms with Crippen molar-refractivity contribution in [2.45, 2.75) is 39.2 Å². The van der Waals surface area contributed by atoms with E-state index in [0.717, 1.165) is 24.4 Å². The van der Waals surface area contributed by atoms with Gasteiger partial charge in [0, 0.05) is 11.5 Å². The van der Waals surface area contributed by atoms with Crippen molar-refractivity contribution < 1.29 is 24.2 Å². The van der Waals surface area contributed by atoms with Gasteiger partial charge in [0.25, 0.3) is 17.3 Å². The van der Waals surface area contributed by atoms with Gasteiger partial charge in [0.1, 0.15) is 0 Å². The summed E-state index contributed by atoms with van der Waals surface area (Å²) in [5.41, 5.74) is -1.58. The zero-order valence-electron chi connectivity index (χ0n) is 15.4. The number of nitrogens with one attached hydrogen (secondary N) is 1. The van der Waals surface area contributed by atoms with E-state index in [1.54, 1.807) is 20.8 Å². The molecule has 1 heterocycles. The Labute approximate surface area is 159 Å². The minimum atomic E-state index is -1.36. The van der Waals surface area contributed by atoms with Crippen LogP contribution in [0.15, 0.2) is 23.3 Å². The molecule has 1 aliphatic heterocycles. The molecular weight excluding hydrogens is 372 g/mol. The molecule has 2 atom stereocenters. The average molecular weight is 390 g/mol. The average Bonchev–Trinajstić information content (AvgIpc) is 2.91. The zero-order valence-corrected chi connectivity index (χ0v) is 15.4. The molecule has 2 bridgehead atoms. The van der Waals surface area contributed by atoms with Gasteiger partial charge >= 0.3 is 5.97 Å². The highest BCUT2D eigenvalue weighted by atomic mass is 16.6. The van der Waals surface area contributed by atoms with Crippen LogP contribution in [-0.2, 0) is 14.3 Å². The van der Waals surface area contributed by atoms with Crippen molar-refractivity contribution in [1.29, 1.82) is 0 Å². The molecule has 3 rings (SSSR count). The topological polar surface area (TPSA) is 154 Å². The van der Waals surface area contributed by atoms with Crippen LogP contribution in [0.1, 0.15) is 39.2 Å². The molecule has 1 aliphatic carbocycles. The van der Waals surface area contributed by atoms with E-state index in [-0.39, 0.29) is 5.56 Å². The minimum Gasteiger partial charge on any atom is -0.448 e. The highest BCUT2D eigenvalue weighted by Crippen LogP contribution is 2.65. The largest absolute Gasteiger partial charge is 0.448 e. The van der Waals surface area contributed by atoms with Crippen molar-refractivity contribution >= 4 is 29.5 Å². The van der Waals surface area contributed by atoms with Gasteiger partial charge in [-0.1, -0.05) is 13.8 Å². The van der Waals surface area contributed by atoms with Gasteiger partial charge in [0.15, 0.2) is 5.60 Å². The third kappa shape index (κ3) is 2.46. The summed E-state index contributed by atoms with van der Waals surface area (Å²) in [4.78, 5) is 45.4. The second-order valence-corrected chi connectivity index (χ2v) is 7.63. The van der Waals surface area contributed by atoms with Crippen molar-refractivity contribution in [2.24, 2.45) is 15.9 Å². The van der Waals surface area contributed by atoms with Crippen LogP contribution in [0, 0.1) is 31.1 Å². The Morgan fingerprint density at radius 3 is 2.39 bits per heavy atom. The molecule has 1 amide bonds. The number of hydrogen-bond acceptors (Lipinski definition) is 8. The molecule has 28 heavy (non-hydrogen) atoms. The number of non-ortho nitro benzene ring substituents is 1. The Bertz CT molecular complexity index is 941. The molecule has 1 aromatic rings. The van der Waals surface area contributed by atoms with E-state index in [9.17, 15) is 29.8 Å². The van der Waals surface area contributed by atoms with Crippen LogP contribution in [0.3, 0.4) is 0 Å². The molecule has 1 N–H and O–H groups in total. The molecule has 0 aromatic heterocycles. The van der Waals surface area contributed by atoms with Crippen LogP contribution in [0.25, 0.3) is 0 Å². The molecule has 1 aromatic carbocycles. The molecule has 11 heteroatoms. The standard InChI is InChI=1S/C17H18N4O7/c1-15(2)16(3)6-7-17(15,28-14(16)23)13(22)19-18-9-10-4-5-11(20(24)25)8-12(10)21(26)27/h4-5,8-9H,6-7H2,1-3H3,(H,19,22)/b18-9+. The number of nitrogens with zero attached hydrogens (tertiary/aromatic N) is 3. The van der Waals surface area contributed by atoms with Crippen molar-refractivity contribution in [1.82, 2.24) is 5.43 Å². The first-order valence-corrected chi connectivity index (χ1v) is 8.46. The number of benzene rings is 1. The van der Waals surface area contributed by atoms with Crippen LogP contribution < -0.4 is 5.43 Å². The molecule has 2 unspecified atom stereocenters. The van der Waals surface area contributed by atoms with Crippen LogP contribution in [0.4, 0.5) is 11.4 Å². The van der Waals surface area contributed by atoms with E-state index in [0.29, 0.717) is 12.8 Å². The molecule has 1 saturated carbocycles. The number of fused-ring (bicyclic) bond motifs is 2. The molecule has 2 aliphatic rings. The Hall–Kier alpha value is -3.37. The Kier molecular flexibility index (Phi) is 4.21. The summed E-state index contributed by atoms with van der Waals surface area (Å²) in [6, 6.07) is 3.07. The van der Waals surface area contributed by atoms with Gasteiger partial charge in [0.2, 0.25) is 0 Å². The number of esters is 1. The number of amides is 1. The fraction of sp³-hybridized carbons (Fsp3) is 0.471. The number of hydrogen-bond donors (Lipinski definition) is 1. The maximum absolute atomic E-state index is 12.8.